The number of pyridine rings is 1. The number of aromatic nitrogens is 1. The van der Waals surface area contributed by atoms with Gasteiger partial charge in [-0.1, -0.05) is 24.3 Å². The normalized spacial score (nSPS) is 13.2. The zero-order valence-corrected chi connectivity index (χ0v) is 20.4. The zero-order valence-electron chi connectivity index (χ0n) is 20.4. The molecule has 2 heterocycles. The Morgan fingerprint density at radius 3 is 2.80 bits per heavy atom. The topological polar surface area (TPSA) is 83.9 Å². The second kappa shape index (κ2) is 11.7. The van der Waals surface area contributed by atoms with E-state index in [1.54, 1.807) is 6.07 Å². The summed E-state index contributed by atoms with van der Waals surface area (Å²) in [6, 6.07) is 15.0. The Labute approximate surface area is 206 Å². The first kappa shape index (κ1) is 24.5. The van der Waals surface area contributed by atoms with Gasteiger partial charge in [-0.05, 0) is 66.8 Å². The van der Waals surface area contributed by atoms with Gasteiger partial charge < -0.3 is 19.9 Å². The maximum Gasteiger partial charge on any atom is 0.223 e. The number of benzene rings is 2. The third-order valence-electron chi connectivity index (χ3n) is 6.21. The molecule has 0 atom stereocenters. The number of fused-ring (bicyclic) bond motifs is 1. The van der Waals surface area contributed by atoms with Crippen molar-refractivity contribution < 1.29 is 19.4 Å². The van der Waals surface area contributed by atoms with Crippen LogP contribution in [0.5, 0.6) is 17.2 Å². The van der Waals surface area contributed by atoms with Gasteiger partial charge in [-0.3, -0.25) is 14.7 Å². The number of rotatable bonds is 10. The van der Waals surface area contributed by atoms with Crippen molar-refractivity contribution in [2.45, 2.75) is 46.3 Å². The lowest BCUT2D eigenvalue weighted by Crippen LogP contribution is -2.32. The fourth-order valence-electron chi connectivity index (χ4n) is 4.39. The third-order valence-corrected chi connectivity index (χ3v) is 6.21. The minimum Gasteiger partial charge on any atom is -0.504 e. The van der Waals surface area contributed by atoms with E-state index in [1.165, 1.54) is 11.1 Å². The van der Waals surface area contributed by atoms with Crippen molar-refractivity contribution in [2.75, 3.05) is 19.8 Å². The molecule has 0 spiro atoms. The minimum atomic E-state index is -0.0344. The molecule has 3 aromatic rings. The van der Waals surface area contributed by atoms with Crippen LogP contribution in [-0.4, -0.2) is 40.7 Å². The van der Waals surface area contributed by atoms with Gasteiger partial charge in [0.1, 0.15) is 5.75 Å². The Morgan fingerprint density at radius 2 is 2.00 bits per heavy atom. The Bertz CT molecular complexity index is 1150. The lowest BCUT2D eigenvalue weighted by molar-refractivity contribution is -0.121. The number of ether oxygens (including phenoxy) is 2. The van der Waals surface area contributed by atoms with Crippen LogP contribution >= 0.6 is 0 Å². The molecule has 0 bridgehead atoms. The first-order chi connectivity index (χ1) is 17.0. The first-order valence-electron chi connectivity index (χ1n) is 12.1. The molecule has 1 amide bonds. The van der Waals surface area contributed by atoms with Crippen LogP contribution in [-0.2, 0) is 30.8 Å². The molecule has 0 fully saturated rings. The number of phenols is 1. The molecule has 0 aliphatic carbocycles. The highest BCUT2D eigenvalue weighted by atomic mass is 16.5. The van der Waals surface area contributed by atoms with Crippen molar-refractivity contribution in [1.29, 1.82) is 0 Å². The summed E-state index contributed by atoms with van der Waals surface area (Å²) in [4.78, 5) is 19.4. The summed E-state index contributed by atoms with van der Waals surface area (Å²) in [6.07, 6.45) is 3.16. The van der Waals surface area contributed by atoms with E-state index in [1.807, 2.05) is 62.5 Å². The van der Waals surface area contributed by atoms with Gasteiger partial charge >= 0.3 is 0 Å². The van der Waals surface area contributed by atoms with Crippen molar-refractivity contribution in [3.63, 3.8) is 0 Å². The molecule has 2 aromatic carbocycles. The van der Waals surface area contributed by atoms with Crippen LogP contribution in [0.15, 0.2) is 54.7 Å². The van der Waals surface area contributed by atoms with Crippen molar-refractivity contribution >= 4 is 5.91 Å². The van der Waals surface area contributed by atoms with Crippen LogP contribution in [0, 0.1) is 6.92 Å². The van der Waals surface area contributed by atoms with Gasteiger partial charge in [0.05, 0.1) is 19.6 Å². The molecule has 0 saturated heterocycles. The number of carbonyl (C=O) groups excluding carboxylic acids is 1. The summed E-state index contributed by atoms with van der Waals surface area (Å²) in [5.74, 6) is 1.42. The number of para-hydroxylation sites is 1. The number of carbonyl (C=O) groups is 1. The van der Waals surface area contributed by atoms with Gasteiger partial charge in [0, 0.05) is 38.1 Å². The van der Waals surface area contributed by atoms with Crippen LogP contribution in [0.2, 0.25) is 0 Å². The summed E-state index contributed by atoms with van der Waals surface area (Å²) in [5.41, 5.74) is 5.65. The number of aromatic hydroxyl groups is 1. The number of nitrogens with one attached hydrogen (secondary N) is 1. The Kier molecular flexibility index (Phi) is 8.21. The fourth-order valence-corrected chi connectivity index (χ4v) is 4.39. The minimum absolute atomic E-state index is 0.0344. The molecule has 1 aliphatic rings. The summed E-state index contributed by atoms with van der Waals surface area (Å²) in [7, 11) is 0. The van der Waals surface area contributed by atoms with Crippen LogP contribution < -0.4 is 14.8 Å². The van der Waals surface area contributed by atoms with Crippen molar-refractivity contribution in [2.24, 2.45) is 0 Å². The van der Waals surface area contributed by atoms with Gasteiger partial charge in [-0.15, -0.1) is 0 Å². The number of nitrogens with zero attached hydrogens (tertiary/aromatic N) is 2. The molecule has 0 unspecified atom stereocenters. The predicted octanol–water partition coefficient (Wildman–Crippen LogP) is 4.14. The summed E-state index contributed by atoms with van der Waals surface area (Å²) >= 11 is 0. The van der Waals surface area contributed by atoms with E-state index in [-0.39, 0.29) is 11.7 Å². The molecule has 35 heavy (non-hydrogen) atoms. The van der Waals surface area contributed by atoms with E-state index in [9.17, 15) is 9.90 Å². The molecule has 0 radical (unpaired) electrons. The molecule has 4 rings (SSSR count). The highest BCUT2D eigenvalue weighted by Crippen LogP contribution is 2.29. The standard InChI is InChI=1S/C28H33N3O4/c1-3-34-27-15-21(9-10-26(27)32)18-31-13-11-24-22(19-31)16-29-20(2)25(24)17-30-28(33)12-14-35-23-7-5-4-6-8-23/h4-10,15-16,32H,3,11-14,17-19H2,1-2H3,(H,30,33). The molecular formula is C28H33N3O4. The maximum absolute atomic E-state index is 12.4. The van der Waals surface area contributed by atoms with Crippen LogP contribution in [0.25, 0.3) is 0 Å². The lowest BCUT2D eigenvalue weighted by atomic mass is 9.94. The number of amides is 1. The Morgan fingerprint density at radius 1 is 1.17 bits per heavy atom. The largest absolute Gasteiger partial charge is 0.504 e. The van der Waals surface area contributed by atoms with E-state index in [0.717, 1.165) is 48.6 Å². The zero-order chi connectivity index (χ0) is 24.6. The number of phenolic OH excluding ortho intramolecular Hbond substituents is 1. The summed E-state index contributed by atoms with van der Waals surface area (Å²) in [5, 5.41) is 13.0. The monoisotopic (exact) mass is 475 g/mol. The van der Waals surface area contributed by atoms with Crippen LogP contribution in [0.4, 0.5) is 0 Å². The van der Waals surface area contributed by atoms with Crippen LogP contribution in [0.3, 0.4) is 0 Å². The second-order valence-corrected chi connectivity index (χ2v) is 8.71. The van der Waals surface area contributed by atoms with Gasteiger partial charge in [0.15, 0.2) is 11.5 Å². The summed E-state index contributed by atoms with van der Waals surface area (Å²) < 4.78 is 11.2. The SMILES string of the molecule is CCOc1cc(CN2CCc3c(cnc(C)c3CNC(=O)CCOc3ccccc3)C2)ccc1O. The smallest absolute Gasteiger partial charge is 0.223 e. The molecule has 184 valence electrons. The van der Waals surface area contributed by atoms with Gasteiger partial charge in [-0.2, -0.15) is 0 Å². The number of hydrogen-bond acceptors (Lipinski definition) is 6. The molecule has 7 heteroatoms. The van der Waals surface area contributed by atoms with E-state index in [4.69, 9.17) is 9.47 Å². The van der Waals surface area contributed by atoms with Crippen LogP contribution in [0.1, 0.15) is 41.3 Å². The van der Waals surface area contributed by atoms with Gasteiger partial charge in [0.2, 0.25) is 5.91 Å². The fraction of sp³-hybridized carbons (Fsp3) is 0.357. The molecule has 1 aliphatic heterocycles. The van der Waals surface area contributed by atoms with Gasteiger partial charge in [0.25, 0.3) is 0 Å². The van der Waals surface area contributed by atoms with Crippen molar-refractivity contribution in [1.82, 2.24) is 15.2 Å². The van der Waals surface area contributed by atoms with E-state index in [2.05, 4.69) is 15.2 Å². The van der Waals surface area contributed by atoms with Gasteiger partial charge in [-0.25, -0.2) is 0 Å². The molecule has 7 nitrogen and oxygen atoms in total. The number of hydrogen-bond donors (Lipinski definition) is 2. The molecule has 2 N–H and O–H groups in total. The third kappa shape index (κ3) is 6.51. The Hall–Kier alpha value is -3.58. The molecule has 0 saturated carbocycles. The van der Waals surface area contributed by atoms with E-state index < -0.39 is 0 Å². The average molecular weight is 476 g/mol. The average Bonchev–Trinajstić information content (AvgIpc) is 2.86. The second-order valence-electron chi connectivity index (χ2n) is 8.71. The maximum atomic E-state index is 12.4. The van der Waals surface area contributed by atoms with Crippen molar-refractivity contribution in [3.8, 4) is 17.2 Å². The quantitative estimate of drug-likeness (QED) is 0.459. The van der Waals surface area contributed by atoms with E-state index in [0.29, 0.717) is 31.9 Å². The summed E-state index contributed by atoms with van der Waals surface area (Å²) in [6.45, 7) is 7.70. The Balaban J connectivity index is 1.33. The predicted molar refractivity (Wildman–Crippen MR) is 134 cm³/mol. The van der Waals surface area contributed by atoms with Crippen molar-refractivity contribution in [3.05, 3.63) is 82.7 Å². The number of aryl methyl sites for hydroxylation is 1. The van der Waals surface area contributed by atoms with E-state index >= 15 is 0 Å². The lowest BCUT2D eigenvalue weighted by Gasteiger charge is -2.30. The molecular weight excluding hydrogens is 442 g/mol. The highest BCUT2D eigenvalue weighted by molar-refractivity contribution is 5.76. The first-order valence-corrected chi connectivity index (χ1v) is 12.1. The molecule has 1 aromatic heterocycles. The highest BCUT2D eigenvalue weighted by Gasteiger charge is 2.21.